The minimum Gasteiger partial charge on any atom is -0.326 e. The Hall–Kier alpha value is -0.200. The molecule has 0 saturated heterocycles. The zero-order valence-electron chi connectivity index (χ0n) is 11.5. The van der Waals surface area contributed by atoms with Crippen LogP contribution in [0.5, 0.6) is 0 Å². The van der Waals surface area contributed by atoms with Gasteiger partial charge in [-0.1, -0.05) is 28.1 Å². The van der Waals surface area contributed by atoms with E-state index in [1.165, 1.54) is 10.4 Å². The van der Waals surface area contributed by atoms with Crippen molar-refractivity contribution in [3.05, 3.63) is 55.1 Å². The molecule has 0 spiro atoms. The molecule has 5 heteroatoms. The normalized spacial score (nSPS) is 14.5. The summed E-state index contributed by atoms with van der Waals surface area (Å²) >= 11 is 8.80. The molecule has 2 atom stereocenters. The summed E-state index contributed by atoms with van der Waals surface area (Å²) in [5, 5.41) is 0. The molecule has 1 aromatic heterocycles. The number of nitrogens with two attached hydrogens (primary N) is 1. The molecule has 2 aromatic rings. The van der Waals surface area contributed by atoms with E-state index in [0.29, 0.717) is 0 Å². The Bertz CT molecular complexity index is 569. The van der Waals surface area contributed by atoms with Gasteiger partial charge in [0.05, 0.1) is 9.83 Å². The summed E-state index contributed by atoms with van der Waals surface area (Å²) < 4.78 is 2.26. The SMILES string of the molecule is CC(N)C(c1ccc(Br)s1)N(C)Cc1cccc(Br)c1. The highest BCUT2D eigenvalue weighted by Gasteiger charge is 2.22. The average Bonchev–Trinajstić information content (AvgIpc) is 2.75. The molecule has 0 aliphatic heterocycles. The van der Waals surface area contributed by atoms with Crippen LogP contribution in [0.15, 0.2) is 44.7 Å². The number of thiophene rings is 1. The lowest BCUT2D eigenvalue weighted by Crippen LogP contribution is -2.36. The van der Waals surface area contributed by atoms with Crippen molar-refractivity contribution in [3.8, 4) is 0 Å². The van der Waals surface area contributed by atoms with Gasteiger partial charge in [-0.15, -0.1) is 11.3 Å². The Labute approximate surface area is 141 Å². The molecule has 0 aliphatic carbocycles. The third-order valence-corrected chi connectivity index (χ3v) is 5.37. The van der Waals surface area contributed by atoms with Crippen LogP contribution in [0.25, 0.3) is 0 Å². The van der Waals surface area contributed by atoms with Gasteiger partial charge >= 0.3 is 0 Å². The van der Waals surface area contributed by atoms with Gasteiger partial charge in [0, 0.05) is 21.9 Å². The Balaban J connectivity index is 2.17. The van der Waals surface area contributed by atoms with Gasteiger partial charge < -0.3 is 5.73 Å². The first-order valence-corrected chi connectivity index (χ1v) is 8.83. The summed E-state index contributed by atoms with van der Waals surface area (Å²) in [6, 6.07) is 13.0. The second-order valence-electron chi connectivity index (χ2n) is 4.99. The van der Waals surface area contributed by atoms with Crippen LogP contribution in [0.4, 0.5) is 0 Å². The molecule has 0 aliphatic rings. The van der Waals surface area contributed by atoms with Crippen molar-refractivity contribution >= 4 is 43.2 Å². The Morgan fingerprint density at radius 3 is 2.55 bits per heavy atom. The highest BCUT2D eigenvalue weighted by Crippen LogP contribution is 2.32. The van der Waals surface area contributed by atoms with Crippen molar-refractivity contribution in [2.75, 3.05) is 7.05 Å². The first kappa shape index (κ1) is 16.2. The van der Waals surface area contributed by atoms with E-state index in [0.717, 1.165) is 14.8 Å². The number of halogens is 2. The van der Waals surface area contributed by atoms with Crippen molar-refractivity contribution < 1.29 is 0 Å². The zero-order valence-corrected chi connectivity index (χ0v) is 15.5. The van der Waals surface area contributed by atoms with E-state index in [4.69, 9.17) is 5.73 Å². The van der Waals surface area contributed by atoms with E-state index in [9.17, 15) is 0 Å². The van der Waals surface area contributed by atoms with Crippen LogP contribution in [-0.4, -0.2) is 18.0 Å². The Morgan fingerprint density at radius 2 is 2.00 bits per heavy atom. The predicted octanol–water partition coefficient (Wildman–Crippen LogP) is 4.79. The maximum atomic E-state index is 6.20. The molecule has 2 nitrogen and oxygen atoms in total. The molecule has 20 heavy (non-hydrogen) atoms. The second kappa shape index (κ2) is 7.18. The van der Waals surface area contributed by atoms with Crippen molar-refractivity contribution in [2.24, 2.45) is 5.73 Å². The van der Waals surface area contributed by atoms with Crippen molar-refractivity contribution in [3.63, 3.8) is 0 Å². The lowest BCUT2D eigenvalue weighted by Gasteiger charge is -2.30. The third-order valence-electron chi connectivity index (χ3n) is 3.18. The highest BCUT2D eigenvalue weighted by atomic mass is 79.9. The number of rotatable bonds is 5. The fourth-order valence-electron chi connectivity index (χ4n) is 2.39. The van der Waals surface area contributed by atoms with Crippen LogP contribution in [-0.2, 0) is 6.54 Å². The lowest BCUT2D eigenvalue weighted by atomic mass is 10.1. The average molecular weight is 418 g/mol. The van der Waals surface area contributed by atoms with Gasteiger partial charge in [-0.3, -0.25) is 4.90 Å². The lowest BCUT2D eigenvalue weighted by molar-refractivity contribution is 0.214. The molecule has 0 fully saturated rings. The second-order valence-corrected chi connectivity index (χ2v) is 8.40. The maximum absolute atomic E-state index is 6.20. The van der Waals surface area contributed by atoms with Gasteiger partial charge in [0.25, 0.3) is 0 Å². The van der Waals surface area contributed by atoms with Crippen molar-refractivity contribution in [1.82, 2.24) is 4.90 Å². The number of nitrogens with zero attached hydrogens (tertiary/aromatic N) is 1. The van der Waals surface area contributed by atoms with Crippen LogP contribution >= 0.6 is 43.2 Å². The third kappa shape index (κ3) is 4.15. The van der Waals surface area contributed by atoms with Crippen LogP contribution in [0.2, 0.25) is 0 Å². The van der Waals surface area contributed by atoms with Gasteiger partial charge in [0.1, 0.15) is 0 Å². The van der Waals surface area contributed by atoms with Gasteiger partial charge in [-0.25, -0.2) is 0 Å². The number of benzene rings is 1. The van der Waals surface area contributed by atoms with Crippen molar-refractivity contribution in [2.45, 2.75) is 25.6 Å². The Morgan fingerprint density at radius 1 is 1.25 bits per heavy atom. The van der Waals surface area contributed by atoms with E-state index >= 15 is 0 Å². The van der Waals surface area contributed by atoms with E-state index in [-0.39, 0.29) is 12.1 Å². The Kier molecular flexibility index (Phi) is 5.81. The number of hydrogen-bond donors (Lipinski definition) is 1. The first-order valence-electron chi connectivity index (χ1n) is 6.43. The summed E-state index contributed by atoms with van der Waals surface area (Å²) in [6.45, 7) is 2.94. The molecule has 0 amide bonds. The van der Waals surface area contributed by atoms with Crippen LogP contribution in [0.1, 0.15) is 23.4 Å². The fraction of sp³-hybridized carbons (Fsp3) is 0.333. The van der Waals surface area contributed by atoms with E-state index in [1.54, 1.807) is 11.3 Å². The van der Waals surface area contributed by atoms with Crippen LogP contribution in [0, 0.1) is 0 Å². The monoisotopic (exact) mass is 416 g/mol. The molecule has 2 rings (SSSR count). The van der Waals surface area contributed by atoms with Crippen molar-refractivity contribution in [1.29, 1.82) is 0 Å². The minimum absolute atomic E-state index is 0.0812. The summed E-state index contributed by atoms with van der Waals surface area (Å²) in [6.07, 6.45) is 0. The van der Waals surface area contributed by atoms with Gasteiger partial charge in [0.15, 0.2) is 0 Å². The molecule has 108 valence electrons. The smallest absolute Gasteiger partial charge is 0.0702 e. The van der Waals surface area contributed by atoms with Crippen LogP contribution in [0.3, 0.4) is 0 Å². The highest BCUT2D eigenvalue weighted by molar-refractivity contribution is 9.11. The number of likely N-dealkylation sites (N-methyl/N-ethyl adjacent to an activating group) is 1. The van der Waals surface area contributed by atoms with E-state index in [2.05, 4.69) is 81.1 Å². The molecule has 1 aromatic carbocycles. The van der Waals surface area contributed by atoms with Gasteiger partial charge in [0.2, 0.25) is 0 Å². The maximum Gasteiger partial charge on any atom is 0.0702 e. The summed E-state index contributed by atoms with van der Waals surface area (Å²) in [5.74, 6) is 0. The molecule has 0 radical (unpaired) electrons. The van der Waals surface area contributed by atoms with Gasteiger partial charge in [-0.2, -0.15) is 0 Å². The summed E-state index contributed by atoms with van der Waals surface area (Å²) in [4.78, 5) is 3.61. The fourth-order valence-corrected chi connectivity index (χ4v) is 4.54. The van der Waals surface area contributed by atoms with Crippen LogP contribution < -0.4 is 5.73 Å². The molecule has 1 heterocycles. The zero-order chi connectivity index (χ0) is 14.7. The molecule has 2 N–H and O–H groups in total. The minimum atomic E-state index is 0.0812. The largest absolute Gasteiger partial charge is 0.326 e. The van der Waals surface area contributed by atoms with E-state index < -0.39 is 0 Å². The standard InChI is InChI=1S/C15H18Br2N2S/c1-10(18)15(13-6-7-14(17)20-13)19(2)9-11-4-3-5-12(16)8-11/h3-8,10,15H,9,18H2,1-2H3. The van der Waals surface area contributed by atoms with Gasteiger partial charge in [-0.05, 0) is 59.7 Å². The summed E-state index contributed by atoms with van der Waals surface area (Å²) in [7, 11) is 2.13. The molecule has 0 saturated carbocycles. The molecule has 2 unspecified atom stereocenters. The first-order chi connectivity index (χ1) is 9.47. The molecular formula is C15H18Br2N2S. The van der Waals surface area contributed by atoms with E-state index in [1.807, 2.05) is 6.07 Å². The molecular weight excluding hydrogens is 400 g/mol. The predicted molar refractivity (Wildman–Crippen MR) is 94.0 cm³/mol. The number of hydrogen-bond acceptors (Lipinski definition) is 3. The summed E-state index contributed by atoms with van der Waals surface area (Å²) in [5.41, 5.74) is 7.48. The quantitative estimate of drug-likeness (QED) is 0.757. The molecule has 0 bridgehead atoms. The topological polar surface area (TPSA) is 29.3 Å².